The van der Waals surface area contributed by atoms with Crippen LogP contribution in [0.25, 0.3) is 0 Å². The minimum Gasteiger partial charge on any atom is -0.393 e. The van der Waals surface area contributed by atoms with Crippen LogP contribution in [0.3, 0.4) is 0 Å². The lowest BCUT2D eigenvalue weighted by molar-refractivity contribution is 0.0694. The molecule has 3 nitrogen and oxygen atoms in total. The van der Waals surface area contributed by atoms with Crippen molar-refractivity contribution in [1.29, 1.82) is 0 Å². The molecule has 0 amide bonds. The molecule has 1 aliphatic carbocycles. The lowest BCUT2D eigenvalue weighted by atomic mass is 9.86. The third-order valence-corrected chi connectivity index (χ3v) is 3.85. The molecule has 0 aliphatic heterocycles. The van der Waals surface area contributed by atoms with Gasteiger partial charge in [0, 0.05) is 31.5 Å². The number of aryl methyl sites for hydroxylation is 1. The Morgan fingerprint density at radius 3 is 3.00 bits per heavy atom. The van der Waals surface area contributed by atoms with Crippen LogP contribution in [0.1, 0.15) is 38.3 Å². The quantitative estimate of drug-likeness (QED) is 0.822. The van der Waals surface area contributed by atoms with Crippen LogP contribution in [0.5, 0.6) is 0 Å². The molecule has 1 aromatic heterocycles. The van der Waals surface area contributed by atoms with Gasteiger partial charge in [-0.1, -0.05) is 12.8 Å². The highest BCUT2D eigenvalue weighted by molar-refractivity contribution is 5.06. The average molecular weight is 236 g/mol. The summed E-state index contributed by atoms with van der Waals surface area (Å²) in [6.07, 6.45) is 6.65. The van der Waals surface area contributed by atoms with Gasteiger partial charge in [0.2, 0.25) is 0 Å². The van der Waals surface area contributed by atoms with E-state index in [-0.39, 0.29) is 6.10 Å². The predicted octanol–water partition coefficient (Wildman–Crippen LogP) is 2.15. The van der Waals surface area contributed by atoms with E-state index in [9.17, 15) is 5.11 Å². The number of rotatable bonds is 5. The Kier molecular flexibility index (Phi) is 4.63. The molecule has 1 heterocycles. The second-order valence-electron chi connectivity index (χ2n) is 5.03. The van der Waals surface area contributed by atoms with E-state index >= 15 is 0 Å². The Labute approximate surface area is 104 Å². The topological polar surface area (TPSA) is 37.2 Å². The summed E-state index contributed by atoms with van der Waals surface area (Å²) in [4.78, 5) is 0. The molecule has 1 saturated carbocycles. The van der Waals surface area contributed by atoms with Crippen LogP contribution in [0.2, 0.25) is 0 Å². The van der Waals surface area contributed by atoms with Crippen molar-refractivity contribution in [3.63, 3.8) is 0 Å². The summed E-state index contributed by atoms with van der Waals surface area (Å²) >= 11 is 0. The van der Waals surface area contributed by atoms with Gasteiger partial charge in [-0.3, -0.25) is 0 Å². The van der Waals surface area contributed by atoms with Crippen molar-refractivity contribution in [2.75, 3.05) is 6.54 Å². The molecule has 17 heavy (non-hydrogen) atoms. The number of hydrogen-bond acceptors (Lipinski definition) is 2. The van der Waals surface area contributed by atoms with Crippen molar-refractivity contribution in [3.8, 4) is 0 Å². The van der Waals surface area contributed by atoms with Gasteiger partial charge in [-0.15, -0.1) is 0 Å². The molecule has 1 aromatic rings. The van der Waals surface area contributed by atoms with Crippen LogP contribution in [0.15, 0.2) is 18.3 Å². The maximum absolute atomic E-state index is 9.88. The van der Waals surface area contributed by atoms with Crippen molar-refractivity contribution in [2.45, 2.75) is 51.8 Å². The number of aliphatic hydroxyl groups excluding tert-OH is 1. The molecule has 1 fully saturated rings. The summed E-state index contributed by atoms with van der Waals surface area (Å²) < 4.78 is 2.25. The van der Waals surface area contributed by atoms with E-state index in [1.165, 1.54) is 25.0 Å². The van der Waals surface area contributed by atoms with Gasteiger partial charge in [-0.25, -0.2) is 0 Å². The summed E-state index contributed by atoms with van der Waals surface area (Å²) in [6.45, 7) is 5.03. The second-order valence-corrected chi connectivity index (χ2v) is 5.03. The minimum atomic E-state index is -0.0887. The summed E-state index contributed by atoms with van der Waals surface area (Å²) in [5.74, 6) is 0.453. The molecular formula is C14H24N2O. The van der Waals surface area contributed by atoms with Gasteiger partial charge < -0.3 is 15.0 Å². The van der Waals surface area contributed by atoms with Gasteiger partial charge >= 0.3 is 0 Å². The van der Waals surface area contributed by atoms with Crippen LogP contribution >= 0.6 is 0 Å². The molecule has 2 N–H and O–H groups in total. The molecule has 0 spiro atoms. The molecule has 2 rings (SSSR count). The molecule has 2 atom stereocenters. The lowest BCUT2D eigenvalue weighted by Crippen LogP contribution is -2.33. The van der Waals surface area contributed by atoms with Gasteiger partial charge in [0.15, 0.2) is 0 Å². The first-order valence-corrected chi connectivity index (χ1v) is 6.84. The fraction of sp³-hybridized carbons (Fsp3) is 0.714. The molecule has 0 saturated heterocycles. The number of nitrogens with one attached hydrogen (secondary N) is 1. The Hall–Kier alpha value is -0.800. The van der Waals surface area contributed by atoms with Crippen LogP contribution in [-0.4, -0.2) is 22.3 Å². The molecule has 0 radical (unpaired) electrons. The van der Waals surface area contributed by atoms with E-state index in [0.29, 0.717) is 5.92 Å². The second kappa shape index (κ2) is 6.22. The van der Waals surface area contributed by atoms with E-state index in [1.54, 1.807) is 0 Å². The van der Waals surface area contributed by atoms with E-state index in [0.717, 1.165) is 26.1 Å². The van der Waals surface area contributed by atoms with Crippen molar-refractivity contribution >= 4 is 0 Å². The van der Waals surface area contributed by atoms with Crippen LogP contribution in [0, 0.1) is 5.92 Å². The summed E-state index contributed by atoms with van der Waals surface area (Å²) in [5.41, 5.74) is 1.33. The number of hydrogen-bond donors (Lipinski definition) is 2. The maximum atomic E-state index is 9.88. The standard InChI is InChI=1S/C14H24N2O/c1-2-16-9-5-7-13(16)11-15-10-12-6-3-4-8-14(12)17/h5,7,9,12,14-15,17H,2-4,6,8,10-11H2,1H3. The van der Waals surface area contributed by atoms with Crippen LogP contribution in [-0.2, 0) is 13.1 Å². The number of aliphatic hydroxyl groups is 1. The van der Waals surface area contributed by atoms with Crippen LogP contribution in [0.4, 0.5) is 0 Å². The van der Waals surface area contributed by atoms with Gasteiger partial charge in [0.25, 0.3) is 0 Å². The smallest absolute Gasteiger partial charge is 0.0580 e. The predicted molar refractivity (Wildman–Crippen MR) is 69.8 cm³/mol. The van der Waals surface area contributed by atoms with Gasteiger partial charge in [-0.05, 0) is 37.8 Å². The zero-order valence-electron chi connectivity index (χ0n) is 10.7. The molecular weight excluding hydrogens is 212 g/mol. The maximum Gasteiger partial charge on any atom is 0.0580 e. The summed E-state index contributed by atoms with van der Waals surface area (Å²) in [7, 11) is 0. The SMILES string of the molecule is CCn1cccc1CNCC1CCCCC1O. The average Bonchev–Trinajstić information content (AvgIpc) is 2.79. The number of aromatic nitrogens is 1. The zero-order valence-corrected chi connectivity index (χ0v) is 10.7. The molecule has 96 valence electrons. The van der Waals surface area contributed by atoms with E-state index < -0.39 is 0 Å². The fourth-order valence-corrected chi connectivity index (χ4v) is 2.73. The Bertz CT molecular complexity index is 335. The van der Waals surface area contributed by atoms with Gasteiger partial charge in [-0.2, -0.15) is 0 Å². The van der Waals surface area contributed by atoms with Crippen molar-refractivity contribution < 1.29 is 5.11 Å². The Balaban J connectivity index is 1.75. The molecule has 1 aliphatic rings. The first-order valence-electron chi connectivity index (χ1n) is 6.84. The van der Waals surface area contributed by atoms with Crippen molar-refractivity contribution in [2.24, 2.45) is 5.92 Å². The highest BCUT2D eigenvalue weighted by Crippen LogP contribution is 2.23. The fourth-order valence-electron chi connectivity index (χ4n) is 2.73. The highest BCUT2D eigenvalue weighted by Gasteiger charge is 2.22. The normalized spacial score (nSPS) is 25.1. The Morgan fingerprint density at radius 1 is 1.41 bits per heavy atom. The first kappa shape index (κ1) is 12.7. The third-order valence-electron chi connectivity index (χ3n) is 3.85. The number of nitrogens with zero attached hydrogens (tertiary/aromatic N) is 1. The molecule has 0 aromatic carbocycles. The van der Waals surface area contributed by atoms with Crippen molar-refractivity contribution in [1.82, 2.24) is 9.88 Å². The molecule has 3 heteroatoms. The van der Waals surface area contributed by atoms with Gasteiger partial charge in [0.05, 0.1) is 6.10 Å². The summed E-state index contributed by atoms with van der Waals surface area (Å²) in [5, 5.41) is 13.4. The molecule has 2 unspecified atom stereocenters. The lowest BCUT2D eigenvalue weighted by Gasteiger charge is -2.27. The first-order chi connectivity index (χ1) is 8.31. The molecule has 0 bridgehead atoms. The van der Waals surface area contributed by atoms with E-state index in [2.05, 4.69) is 35.1 Å². The van der Waals surface area contributed by atoms with E-state index in [1.807, 2.05) is 0 Å². The largest absolute Gasteiger partial charge is 0.393 e. The van der Waals surface area contributed by atoms with Crippen LogP contribution < -0.4 is 5.32 Å². The highest BCUT2D eigenvalue weighted by atomic mass is 16.3. The Morgan fingerprint density at radius 2 is 2.24 bits per heavy atom. The minimum absolute atomic E-state index is 0.0887. The third kappa shape index (κ3) is 3.33. The monoisotopic (exact) mass is 236 g/mol. The summed E-state index contributed by atoms with van der Waals surface area (Å²) in [6, 6.07) is 4.25. The van der Waals surface area contributed by atoms with Gasteiger partial charge in [0.1, 0.15) is 0 Å². The zero-order chi connectivity index (χ0) is 12.1. The van der Waals surface area contributed by atoms with E-state index in [4.69, 9.17) is 0 Å². The van der Waals surface area contributed by atoms with Crippen molar-refractivity contribution in [3.05, 3.63) is 24.0 Å².